The minimum Gasteiger partial charge on any atom is -0.455 e. The van der Waals surface area contributed by atoms with Crippen LogP contribution in [-0.4, -0.2) is 14.5 Å². The smallest absolute Gasteiger partial charge is 0.160 e. The van der Waals surface area contributed by atoms with Crippen LogP contribution in [0.3, 0.4) is 0 Å². The van der Waals surface area contributed by atoms with E-state index in [1.165, 1.54) is 21.8 Å². The molecule has 234 valence electrons. The van der Waals surface area contributed by atoms with Crippen molar-refractivity contribution in [2.45, 2.75) is 0 Å². The van der Waals surface area contributed by atoms with Crippen molar-refractivity contribution >= 4 is 43.7 Å². The summed E-state index contributed by atoms with van der Waals surface area (Å²) in [4.78, 5) is 10.2. The summed E-state index contributed by atoms with van der Waals surface area (Å²) in [6.07, 6.45) is 0. The predicted octanol–water partition coefficient (Wildman–Crippen LogP) is 12.1. The summed E-state index contributed by atoms with van der Waals surface area (Å²) < 4.78 is 9.10. The molecular weight excluding hydrogens is 611 g/mol. The summed E-state index contributed by atoms with van der Waals surface area (Å²) in [5.74, 6) is 0.690. The van der Waals surface area contributed by atoms with Crippen molar-refractivity contribution in [3.8, 4) is 50.7 Å². The fourth-order valence-electron chi connectivity index (χ4n) is 7.34. The van der Waals surface area contributed by atoms with Crippen molar-refractivity contribution in [2.24, 2.45) is 0 Å². The van der Waals surface area contributed by atoms with Crippen LogP contribution in [0, 0.1) is 0 Å². The van der Waals surface area contributed by atoms with Crippen molar-refractivity contribution in [1.29, 1.82) is 0 Å². The van der Waals surface area contributed by atoms with Gasteiger partial charge in [0.05, 0.1) is 22.4 Å². The van der Waals surface area contributed by atoms with Gasteiger partial charge in [0.25, 0.3) is 0 Å². The van der Waals surface area contributed by atoms with Gasteiger partial charge in [0.1, 0.15) is 11.2 Å². The molecule has 4 nitrogen and oxygen atoms in total. The minimum absolute atomic E-state index is 0.690. The maximum absolute atomic E-state index is 6.76. The van der Waals surface area contributed by atoms with Gasteiger partial charge in [0.15, 0.2) is 5.82 Å². The molecule has 10 aromatic rings. The molecule has 0 fully saturated rings. The van der Waals surface area contributed by atoms with E-state index in [9.17, 15) is 0 Å². The van der Waals surface area contributed by atoms with Crippen molar-refractivity contribution in [3.05, 3.63) is 176 Å². The Morgan fingerprint density at radius 1 is 0.420 bits per heavy atom. The average Bonchev–Trinajstić information content (AvgIpc) is 3.74. The standard InChI is InChI=1S/C46H29N3O/c1-4-14-30(15-5-1)39-29-40(48-46(47-39)31-16-6-2-7-17-31)36-22-13-25-43-44(36)37-23-12-21-34(45(37)50-43)32-26-27-42-38(28-32)35-20-10-11-24-41(35)49(42)33-18-8-3-9-19-33/h1-29H. The van der Waals surface area contributed by atoms with E-state index >= 15 is 0 Å². The Morgan fingerprint density at radius 3 is 1.88 bits per heavy atom. The highest BCUT2D eigenvalue weighted by atomic mass is 16.3. The lowest BCUT2D eigenvalue weighted by atomic mass is 9.98. The molecule has 0 spiro atoms. The number of furan rings is 1. The van der Waals surface area contributed by atoms with Gasteiger partial charge in [0, 0.05) is 49.5 Å². The second kappa shape index (κ2) is 11.4. The average molecular weight is 640 g/mol. The SMILES string of the molecule is c1ccc(-c2cc(-c3cccc4oc5c(-c6ccc7c(c6)c6ccccc6n7-c6ccccc6)cccc5c34)nc(-c3ccccc3)n2)cc1. The lowest BCUT2D eigenvalue weighted by molar-refractivity contribution is 0.670. The first-order valence-corrected chi connectivity index (χ1v) is 16.8. The Kier molecular flexibility index (Phi) is 6.46. The van der Waals surface area contributed by atoms with Crippen LogP contribution in [0.2, 0.25) is 0 Å². The molecule has 0 unspecified atom stereocenters. The number of benzene rings is 7. The molecule has 4 heteroatoms. The number of hydrogen-bond acceptors (Lipinski definition) is 3. The maximum atomic E-state index is 6.76. The largest absolute Gasteiger partial charge is 0.455 e. The zero-order chi connectivity index (χ0) is 33.0. The summed E-state index contributed by atoms with van der Waals surface area (Å²) >= 11 is 0. The van der Waals surface area contributed by atoms with Crippen molar-refractivity contribution in [1.82, 2.24) is 14.5 Å². The van der Waals surface area contributed by atoms with Crippen LogP contribution in [0.5, 0.6) is 0 Å². The molecule has 0 saturated heterocycles. The molecule has 0 aliphatic rings. The second-order valence-electron chi connectivity index (χ2n) is 12.6. The van der Waals surface area contributed by atoms with Crippen molar-refractivity contribution < 1.29 is 4.42 Å². The van der Waals surface area contributed by atoms with Crippen molar-refractivity contribution in [2.75, 3.05) is 0 Å². The van der Waals surface area contributed by atoms with Gasteiger partial charge in [-0.15, -0.1) is 0 Å². The molecule has 0 saturated carbocycles. The normalized spacial score (nSPS) is 11.6. The summed E-state index contributed by atoms with van der Waals surface area (Å²) in [5.41, 5.74) is 12.1. The second-order valence-corrected chi connectivity index (χ2v) is 12.6. The molecule has 0 N–H and O–H groups in total. The Morgan fingerprint density at radius 2 is 1.06 bits per heavy atom. The van der Waals surface area contributed by atoms with E-state index in [4.69, 9.17) is 14.4 Å². The van der Waals surface area contributed by atoms with Gasteiger partial charge in [-0.3, -0.25) is 0 Å². The van der Waals surface area contributed by atoms with Crippen LogP contribution in [-0.2, 0) is 0 Å². The lowest BCUT2D eigenvalue weighted by Gasteiger charge is -2.10. The molecule has 50 heavy (non-hydrogen) atoms. The Balaban J connectivity index is 1.18. The van der Waals surface area contributed by atoms with E-state index in [1.807, 2.05) is 36.4 Å². The fourth-order valence-corrected chi connectivity index (χ4v) is 7.34. The quantitative estimate of drug-likeness (QED) is 0.188. The molecule has 3 aromatic heterocycles. The van der Waals surface area contributed by atoms with Crippen LogP contribution >= 0.6 is 0 Å². The number of fused-ring (bicyclic) bond motifs is 6. The monoisotopic (exact) mass is 639 g/mol. The Bertz CT molecular complexity index is 2800. The summed E-state index contributed by atoms with van der Waals surface area (Å²) in [6, 6.07) is 61.2. The van der Waals surface area contributed by atoms with Gasteiger partial charge < -0.3 is 8.98 Å². The molecule has 0 amide bonds. The predicted molar refractivity (Wildman–Crippen MR) is 205 cm³/mol. The summed E-state index contributed by atoms with van der Waals surface area (Å²) in [6.45, 7) is 0. The van der Waals surface area contributed by atoms with Gasteiger partial charge in [-0.05, 0) is 48.0 Å². The third-order valence-corrected chi connectivity index (χ3v) is 9.62. The number of nitrogens with zero attached hydrogens (tertiary/aromatic N) is 3. The topological polar surface area (TPSA) is 43.9 Å². The van der Waals surface area contributed by atoms with E-state index in [-0.39, 0.29) is 0 Å². The molecule has 3 heterocycles. The number of para-hydroxylation sites is 3. The summed E-state index contributed by atoms with van der Waals surface area (Å²) in [7, 11) is 0. The summed E-state index contributed by atoms with van der Waals surface area (Å²) in [5, 5.41) is 4.53. The third kappa shape index (κ3) is 4.54. The van der Waals surface area contributed by atoms with Crippen LogP contribution in [0.25, 0.3) is 94.5 Å². The van der Waals surface area contributed by atoms with E-state index in [2.05, 4.69) is 144 Å². The molecule has 0 atom stereocenters. The molecular formula is C46H29N3O. The first-order chi connectivity index (χ1) is 24.8. The van der Waals surface area contributed by atoms with E-state index < -0.39 is 0 Å². The van der Waals surface area contributed by atoms with Crippen LogP contribution < -0.4 is 0 Å². The Hall–Kier alpha value is -6.78. The highest BCUT2D eigenvalue weighted by Crippen LogP contribution is 2.42. The number of hydrogen-bond donors (Lipinski definition) is 0. The molecule has 10 rings (SSSR count). The number of rotatable bonds is 5. The molecule has 0 aliphatic carbocycles. The maximum Gasteiger partial charge on any atom is 0.160 e. The lowest BCUT2D eigenvalue weighted by Crippen LogP contribution is -1.96. The first-order valence-electron chi connectivity index (χ1n) is 16.8. The minimum atomic E-state index is 0.690. The van der Waals surface area contributed by atoms with Crippen LogP contribution in [0.4, 0.5) is 0 Å². The molecule has 0 aliphatic heterocycles. The third-order valence-electron chi connectivity index (χ3n) is 9.62. The van der Waals surface area contributed by atoms with Gasteiger partial charge in [-0.1, -0.05) is 133 Å². The van der Waals surface area contributed by atoms with Crippen LogP contribution in [0.15, 0.2) is 180 Å². The van der Waals surface area contributed by atoms with Gasteiger partial charge >= 0.3 is 0 Å². The van der Waals surface area contributed by atoms with E-state index in [0.717, 1.165) is 66.8 Å². The van der Waals surface area contributed by atoms with E-state index in [0.29, 0.717) is 5.82 Å². The van der Waals surface area contributed by atoms with Crippen LogP contribution in [0.1, 0.15) is 0 Å². The van der Waals surface area contributed by atoms with Gasteiger partial charge in [0.2, 0.25) is 0 Å². The number of aromatic nitrogens is 3. The zero-order valence-corrected chi connectivity index (χ0v) is 27.0. The first kappa shape index (κ1) is 28.3. The Labute approximate surface area is 288 Å². The zero-order valence-electron chi connectivity index (χ0n) is 27.0. The highest BCUT2D eigenvalue weighted by Gasteiger charge is 2.20. The fraction of sp³-hybridized carbons (Fsp3) is 0. The highest BCUT2D eigenvalue weighted by molar-refractivity contribution is 6.16. The van der Waals surface area contributed by atoms with Crippen molar-refractivity contribution in [3.63, 3.8) is 0 Å². The molecule has 0 radical (unpaired) electrons. The van der Waals surface area contributed by atoms with Gasteiger partial charge in [-0.2, -0.15) is 0 Å². The molecule has 0 bridgehead atoms. The van der Waals surface area contributed by atoms with E-state index in [1.54, 1.807) is 0 Å². The van der Waals surface area contributed by atoms with Gasteiger partial charge in [-0.25, -0.2) is 9.97 Å². The molecule has 7 aromatic carbocycles.